The fraction of sp³-hybridized carbons (Fsp3) is 0.632. The Morgan fingerprint density at radius 3 is 2.55 bits per heavy atom. The van der Waals surface area contributed by atoms with Gasteiger partial charge in [0.25, 0.3) is 0 Å². The number of nitrogens with zero attached hydrogens (tertiary/aromatic N) is 1. The number of methoxy groups -OCH3 is 1. The summed E-state index contributed by atoms with van der Waals surface area (Å²) in [4.78, 5) is 14.3. The third kappa shape index (κ3) is 3.52. The minimum atomic E-state index is -0.240. The van der Waals surface area contributed by atoms with E-state index in [1.807, 2.05) is 12.1 Å². The van der Waals surface area contributed by atoms with Crippen molar-refractivity contribution in [1.82, 2.24) is 4.90 Å². The van der Waals surface area contributed by atoms with Gasteiger partial charge in [-0.1, -0.05) is 26.8 Å². The highest BCUT2D eigenvalue weighted by Crippen LogP contribution is 2.35. The van der Waals surface area contributed by atoms with Crippen molar-refractivity contribution in [2.24, 2.45) is 0 Å². The van der Waals surface area contributed by atoms with Gasteiger partial charge in [0.05, 0.1) is 12.7 Å². The Hall–Kier alpha value is -1.35. The fourth-order valence-corrected chi connectivity index (χ4v) is 3.79. The summed E-state index contributed by atoms with van der Waals surface area (Å²) in [7, 11) is 1.44. The van der Waals surface area contributed by atoms with E-state index >= 15 is 0 Å². The van der Waals surface area contributed by atoms with Crippen molar-refractivity contribution in [2.45, 2.75) is 58.4 Å². The van der Waals surface area contributed by atoms with Gasteiger partial charge in [0.15, 0.2) is 0 Å². The zero-order valence-corrected chi connectivity index (χ0v) is 14.4. The Morgan fingerprint density at radius 1 is 1.27 bits per heavy atom. The SMILES string of the molecule is CCCN(CCC)[C@H]1CCc2cc(C(=O)OC)ccc2[C@H]1C. The van der Waals surface area contributed by atoms with Gasteiger partial charge in [-0.3, -0.25) is 4.90 Å². The number of aryl methyl sites for hydroxylation is 1. The molecule has 0 N–H and O–H groups in total. The number of esters is 1. The molecule has 1 aliphatic rings. The maximum absolute atomic E-state index is 11.7. The lowest BCUT2D eigenvalue weighted by Crippen LogP contribution is -2.42. The van der Waals surface area contributed by atoms with Crippen LogP contribution in [0.3, 0.4) is 0 Å². The van der Waals surface area contributed by atoms with Gasteiger partial charge in [0, 0.05) is 6.04 Å². The van der Waals surface area contributed by atoms with E-state index in [0.29, 0.717) is 17.5 Å². The Kier molecular flexibility index (Phi) is 6.01. The van der Waals surface area contributed by atoms with E-state index in [4.69, 9.17) is 4.74 Å². The molecule has 122 valence electrons. The molecule has 1 aliphatic carbocycles. The lowest BCUT2D eigenvalue weighted by molar-refractivity contribution is 0.0600. The van der Waals surface area contributed by atoms with Crippen molar-refractivity contribution >= 4 is 5.97 Å². The molecule has 2 atom stereocenters. The molecule has 3 heteroatoms. The van der Waals surface area contributed by atoms with Gasteiger partial charge in [-0.25, -0.2) is 4.79 Å². The number of rotatable bonds is 6. The third-order valence-corrected chi connectivity index (χ3v) is 4.83. The van der Waals surface area contributed by atoms with Gasteiger partial charge < -0.3 is 4.74 Å². The molecule has 0 bridgehead atoms. The lowest BCUT2D eigenvalue weighted by Gasteiger charge is -2.39. The van der Waals surface area contributed by atoms with Crippen LogP contribution in [-0.4, -0.2) is 37.1 Å². The van der Waals surface area contributed by atoms with Crippen molar-refractivity contribution in [1.29, 1.82) is 0 Å². The minimum Gasteiger partial charge on any atom is -0.465 e. The molecule has 0 aromatic heterocycles. The summed E-state index contributed by atoms with van der Waals surface area (Å²) in [6.45, 7) is 9.20. The highest BCUT2D eigenvalue weighted by molar-refractivity contribution is 5.89. The Bertz CT molecular complexity index is 506. The number of hydrogen-bond donors (Lipinski definition) is 0. The van der Waals surface area contributed by atoms with E-state index in [2.05, 4.69) is 31.7 Å². The van der Waals surface area contributed by atoms with E-state index in [1.54, 1.807) is 0 Å². The fourth-order valence-electron chi connectivity index (χ4n) is 3.79. The summed E-state index contributed by atoms with van der Waals surface area (Å²) >= 11 is 0. The third-order valence-electron chi connectivity index (χ3n) is 4.83. The average Bonchev–Trinajstić information content (AvgIpc) is 2.54. The predicted octanol–water partition coefficient (Wildman–Crippen LogP) is 4.01. The first-order valence-corrected chi connectivity index (χ1v) is 8.57. The summed E-state index contributed by atoms with van der Waals surface area (Å²) in [5.41, 5.74) is 3.39. The second-order valence-corrected chi connectivity index (χ2v) is 6.34. The minimum absolute atomic E-state index is 0.240. The molecule has 2 rings (SSSR count). The molecule has 0 unspecified atom stereocenters. The van der Waals surface area contributed by atoms with Crippen LogP contribution < -0.4 is 0 Å². The summed E-state index contributed by atoms with van der Waals surface area (Å²) in [6, 6.07) is 6.69. The normalized spacial score (nSPS) is 20.8. The van der Waals surface area contributed by atoms with E-state index in [-0.39, 0.29) is 5.97 Å². The van der Waals surface area contributed by atoms with Crippen LogP contribution in [0.1, 0.15) is 67.4 Å². The van der Waals surface area contributed by atoms with Crippen molar-refractivity contribution < 1.29 is 9.53 Å². The van der Waals surface area contributed by atoms with Gasteiger partial charge in [-0.15, -0.1) is 0 Å². The van der Waals surface area contributed by atoms with Crippen LogP contribution in [0.2, 0.25) is 0 Å². The lowest BCUT2D eigenvalue weighted by atomic mass is 9.79. The maximum atomic E-state index is 11.7. The Labute approximate surface area is 134 Å². The molecule has 0 heterocycles. The van der Waals surface area contributed by atoms with Gasteiger partial charge in [-0.2, -0.15) is 0 Å². The van der Waals surface area contributed by atoms with E-state index in [9.17, 15) is 4.79 Å². The summed E-state index contributed by atoms with van der Waals surface area (Å²) in [5, 5.41) is 0. The molecule has 0 radical (unpaired) electrons. The van der Waals surface area contributed by atoms with Crippen molar-refractivity contribution in [3.05, 3.63) is 34.9 Å². The smallest absolute Gasteiger partial charge is 0.337 e. The number of carbonyl (C=O) groups excluding carboxylic acids is 1. The van der Waals surface area contributed by atoms with Gasteiger partial charge in [0.2, 0.25) is 0 Å². The average molecular weight is 303 g/mol. The Balaban J connectivity index is 2.22. The zero-order chi connectivity index (χ0) is 16.1. The second-order valence-electron chi connectivity index (χ2n) is 6.34. The van der Waals surface area contributed by atoms with Crippen LogP contribution in [0.4, 0.5) is 0 Å². The largest absolute Gasteiger partial charge is 0.465 e. The molecule has 0 spiro atoms. The van der Waals surface area contributed by atoms with Gasteiger partial charge in [0.1, 0.15) is 0 Å². The van der Waals surface area contributed by atoms with E-state index in [0.717, 1.165) is 6.42 Å². The van der Waals surface area contributed by atoms with Crippen LogP contribution in [-0.2, 0) is 11.2 Å². The number of fused-ring (bicyclic) bond motifs is 1. The van der Waals surface area contributed by atoms with Crippen molar-refractivity contribution in [3.63, 3.8) is 0 Å². The first kappa shape index (κ1) is 17.0. The molecule has 0 saturated heterocycles. The molecule has 3 nitrogen and oxygen atoms in total. The maximum Gasteiger partial charge on any atom is 0.337 e. The van der Waals surface area contributed by atoms with Gasteiger partial charge >= 0.3 is 5.97 Å². The molecule has 0 amide bonds. The van der Waals surface area contributed by atoms with Gasteiger partial charge in [-0.05, 0) is 68.0 Å². The zero-order valence-electron chi connectivity index (χ0n) is 14.4. The molecule has 1 aromatic carbocycles. The number of carbonyl (C=O) groups is 1. The molecular weight excluding hydrogens is 274 g/mol. The number of benzene rings is 1. The highest BCUT2D eigenvalue weighted by atomic mass is 16.5. The number of hydrogen-bond acceptors (Lipinski definition) is 3. The van der Waals surface area contributed by atoms with Crippen molar-refractivity contribution in [3.8, 4) is 0 Å². The van der Waals surface area contributed by atoms with Crippen LogP contribution >= 0.6 is 0 Å². The van der Waals surface area contributed by atoms with Crippen LogP contribution in [0.5, 0.6) is 0 Å². The quantitative estimate of drug-likeness (QED) is 0.744. The second kappa shape index (κ2) is 7.77. The number of ether oxygens (including phenoxy) is 1. The topological polar surface area (TPSA) is 29.5 Å². The first-order chi connectivity index (χ1) is 10.6. The standard InChI is InChI=1S/C19H29NO2/c1-5-11-20(12-6-2)18-10-8-15-13-16(19(21)22-4)7-9-17(15)14(18)3/h7,9,13-14,18H,5-6,8,10-12H2,1-4H3/t14-,18+/m1/s1. The molecule has 0 aliphatic heterocycles. The van der Waals surface area contributed by atoms with Crippen LogP contribution in [0.25, 0.3) is 0 Å². The molecule has 0 saturated carbocycles. The Morgan fingerprint density at radius 2 is 1.95 bits per heavy atom. The van der Waals surface area contributed by atoms with E-state index < -0.39 is 0 Å². The molecule has 22 heavy (non-hydrogen) atoms. The molecular formula is C19H29NO2. The monoisotopic (exact) mass is 303 g/mol. The summed E-state index contributed by atoms with van der Waals surface area (Å²) < 4.78 is 4.83. The van der Waals surface area contributed by atoms with Crippen LogP contribution in [0.15, 0.2) is 18.2 Å². The van der Waals surface area contributed by atoms with Crippen LogP contribution in [0, 0.1) is 0 Å². The predicted molar refractivity (Wildman–Crippen MR) is 90.5 cm³/mol. The highest BCUT2D eigenvalue weighted by Gasteiger charge is 2.30. The van der Waals surface area contributed by atoms with E-state index in [1.165, 1.54) is 50.6 Å². The summed E-state index contributed by atoms with van der Waals surface area (Å²) in [6.07, 6.45) is 4.65. The molecule has 0 fully saturated rings. The molecule has 1 aromatic rings. The van der Waals surface area contributed by atoms with Crippen molar-refractivity contribution in [2.75, 3.05) is 20.2 Å². The first-order valence-electron chi connectivity index (χ1n) is 8.57. The summed E-state index contributed by atoms with van der Waals surface area (Å²) in [5.74, 6) is 0.282.